The summed E-state index contributed by atoms with van der Waals surface area (Å²) in [5.74, 6) is -0.787. The molecule has 0 aliphatic carbocycles. The van der Waals surface area contributed by atoms with Gasteiger partial charge in [0.1, 0.15) is 5.82 Å². The number of hydrogen-bond acceptors (Lipinski definition) is 3. The first-order valence-corrected chi connectivity index (χ1v) is 8.30. The maximum atomic E-state index is 14.2. The van der Waals surface area contributed by atoms with Gasteiger partial charge < -0.3 is 10.2 Å². The summed E-state index contributed by atoms with van der Waals surface area (Å²) >= 11 is 0. The molecular weight excluding hydrogens is 329 g/mol. The fraction of sp³-hybridized carbons (Fsp3) is 0.143. The lowest BCUT2D eigenvalue weighted by molar-refractivity contribution is 0.0942. The molecule has 0 spiro atoms. The van der Waals surface area contributed by atoms with Gasteiger partial charge in [0.15, 0.2) is 0 Å². The first kappa shape index (κ1) is 17.6. The van der Waals surface area contributed by atoms with Gasteiger partial charge in [-0.25, -0.2) is 4.39 Å². The van der Waals surface area contributed by atoms with Crippen LogP contribution in [0.15, 0.2) is 72.9 Å². The fourth-order valence-corrected chi connectivity index (χ4v) is 2.75. The Balaban J connectivity index is 1.90. The highest BCUT2D eigenvalue weighted by molar-refractivity contribution is 5.95. The lowest BCUT2D eigenvalue weighted by atomic mass is 10.0. The van der Waals surface area contributed by atoms with Crippen molar-refractivity contribution >= 4 is 11.6 Å². The van der Waals surface area contributed by atoms with E-state index in [9.17, 15) is 9.18 Å². The normalized spacial score (nSPS) is 11.7. The minimum Gasteiger partial charge on any atom is -0.375 e. The van der Waals surface area contributed by atoms with Gasteiger partial charge in [0.25, 0.3) is 5.91 Å². The van der Waals surface area contributed by atoms with Crippen molar-refractivity contribution in [3.05, 3.63) is 95.6 Å². The van der Waals surface area contributed by atoms with E-state index in [1.807, 2.05) is 48.5 Å². The van der Waals surface area contributed by atoms with Crippen molar-refractivity contribution < 1.29 is 9.18 Å². The van der Waals surface area contributed by atoms with Crippen LogP contribution in [-0.4, -0.2) is 25.0 Å². The highest BCUT2D eigenvalue weighted by atomic mass is 19.1. The highest BCUT2D eigenvalue weighted by Crippen LogP contribution is 2.22. The number of amides is 1. The number of rotatable bonds is 5. The Morgan fingerprint density at radius 1 is 1.04 bits per heavy atom. The van der Waals surface area contributed by atoms with Gasteiger partial charge in [0, 0.05) is 25.9 Å². The van der Waals surface area contributed by atoms with Gasteiger partial charge in [-0.05, 0) is 35.9 Å². The number of halogens is 1. The molecule has 1 aromatic heterocycles. The van der Waals surface area contributed by atoms with Crippen LogP contribution in [0.2, 0.25) is 0 Å². The molecule has 2 aromatic carbocycles. The Hall–Kier alpha value is -3.21. The van der Waals surface area contributed by atoms with Gasteiger partial charge >= 0.3 is 0 Å². The van der Waals surface area contributed by atoms with Crippen LogP contribution < -0.4 is 10.2 Å². The molecule has 0 aliphatic rings. The van der Waals surface area contributed by atoms with E-state index in [0.29, 0.717) is 5.69 Å². The number of anilines is 1. The largest absolute Gasteiger partial charge is 0.375 e. The summed E-state index contributed by atoms with van der Waals surface area (Å²) in [5, 5.41) is 2.96. The van der Waals surface area contributed by atoms with Crippen molar-refractivity contribution in [2.24, 2.45) is 0 Å². The Bertz CT molecular complexity index is 843. The van der Waals surface area contributed by atoms with Crippen LogP contribution >= 0.6 is 0 Å². The van der Waals surface area contributed by atoms with E-state index in [2.05, 4.69) is 10.3 Å². The molecule has 1 N–H and O–H groups in total. The molecule has 1 amide bonds. The lowest BCUT2D eigenvalue weighted by Crippen LogP contribution is -2.30. The van der Waals surface area contributed by atoms with Crippen LogP contribution in [0.5, 0.6) is 0 Å². The third kappa shape index (κ3) is 3.88. The molecular formula is C21H20FN3O. The standard InChI is InChI=1S/C21H20FN3O/c1-25(2)19-12-11-16(14-17(19)22)21(26)24-20(15-8-4-3-5-9-15)18-10-6-7-13-23-18/h3-14,20H,1-2H3,(H,24,26)/t20-/m0/s1. The van der Waals surface area contributed by atoms with Gasteiger partial charge in [0.05, 0.1) is 17.4 Å². The van der Waals surface area contributed by atoms with Crippen molar-refractivity contribution in [2.75, 3.05) is 19.0 Å². The summed E-state index contributed by atoms with van der Waals surface area (Å²) in [6.07, 6.45) is 1.68. The molecule has 4 nitrogen and oxygen atoms in total. The monoisotopic (exact) mass is 349 g/mol. The molecule has 3 rings (SSSR count). The molecule has 0 saturated heterocycles. The first-order chi connectivity index (χ1) is 12.6. The molecule has 1 heterocycles. The zero-order chi connectivity index (χ0) is 18.5. The second-order valence-corrected chi connectivity index (χ2v) is 6.13. The zero-order valence-corrected chi connectivity index (χ0v) is 14.7. The van der Waals surface area contributed by atoms with E-state index in [0.717, 1.165) is 11.3 Å². The van der Waals surface area contributed by atoms with Crippen LogP contribution in [0.4, 0.5) is 10.1 Å². The van der Waals surface area contributed by atoms with Crippen LogP contribution in [-0.2, 0) is 0 Å². The molecule has 0 saturated carbocycles. The molecule has 132 valence electrons. The molecule has 5 heteroatoms. The Morgan fingerprint density at radius 3 is 2.38 bits per heavy atom. The highest BCUT2D eigenvalue weighted by Gasteiger charge is 2.19. The predicted molar refractivity (Wildman–Crippen MR) is 101 cm³/mol. The third-order valence-corrected chi connectivity index (χ3v) is 4.08. The average molecular weight is 349 g/mol. The topological polar surface area (TPSA) is 45.2 Å². The van der Waals surface area contributed by atoms with Crippen molar-refractivity contribution in [1.29, 1.82) is 0 Å². The molecule has 0 unspecified atom stereocenters. The van der Waals surface area contributed by atoms with Gasteiger partial charge in [-0.15, -0.1) is 0 Å². The molecule has 1 atom stereocenters. The van der Waals surface area contributed by atoms with E-state index < -0.39 is 11.9 Å². The van der Waals surface area contributed by atoms with E-state index in [1.165, 1.54) is 6.07 Å². The number of carbonyl (C=O) groups excluding carboxylic acids is 1. The van der Waals surface area contributed by atoms with Crippen molar-refractivity contribution in [3.8, 4) is 0 Å². The number of hydrogen-bond donors (Lipinski definition) is 1. The van der Waals surface area contributed by atoms with Crippen LogP contribution in [0, 0.1) is 5.82 Å². The van der Waals surface area contributed by atoms with E-state index >= 15 is 0 Å². The molecule has 0 bridgehead atoms. The number of nitrogens with zero attached hydrogens (tertiary/aromatic N) is 2. The Morgan fingerprint density at radius 2 is 1.77 bits per heavy atom. The maximum absolute atomic E-state index is 14.2. The second kappa shape index (κ2) is 7.78. The number of aromatic nitrogens is 1. The van der Waals surface area contributed by atoms with E-state index in [4.69, 9.17) is 0 Å². The summed E-state index contributed by atoms with van der Waals surface area (Å²) in [6, 6.07) is 19.2. The van der Waals surface area contributed by atoms with Gasteiger partial charge in [-0.1, -0.05) is 36.4 Å². The fourth-order valence-electron chi connectivity index (χ4n) is 2.75. The smallest absolute Gasteiger partial charge is 0.252 e. The summed E-state index contributed by atoms with van der Waals surface area (Å²) in [4.78, 5) is 18.7. The van der Waals surface area contributed by atoms with E-state index in [1.54, 1.807) is 37.3 Å². The van der Waals surface area contributed by atoms with Crippen LogP contribution in [0.3, 0.4) is 0 Å². The van der Waals surface area contributed by atoms with Crippen LogP contribution in [0.1, 0.15) is 27.7 Å². The number of nitrogens with one attached hydrogen (secondary N) is 1. The minimum atomic E-state index is -0.434. The molecule has 0 fully saturated rings. The maximum Gasteiger partial charge on any atom is 0.252 e. The molecule has 26 heavy (non-hydrogen) atoms. The lowest BCUT2D eigenvalue weighted by Gasteiger charge is -2.19. The first-order valence-electron chi connectivity index (χ1n) is 8.30. The van der Waals surface area contributed by atoms with Gasteiger partial charge in [-0.3, -0.25) is 9.78 Å². The van der Waals surface area contributed by atoms with E-state index in [-0.39, 0.29) is 11.5 Å². The second-order valence-electron chi connectivity index (χ2n) is 6.13. The minimum absolute atomic E-state index is 0.268. The van der Waals surface area contributed by atoms with Crippen molar-refractivity contribution in [2.45, 2.75) is 6.04 Å². The van der Waals surface area contributed by atoms with Crippen LogP contribution in [0.25, 0.3) is 0 Å². The zero-order valence-electron chi connectivity index (χ0n) is 14.7. The van der Waals surface area contributed by atoms with Gasteiger partial charge in [0.2, 0.25) is 0 Å². The number of pyridine rings is 1. The Labute approximate surface area is 152 Å². The Kier molecular flexibility index (Phi) is 5.27. The summed E-state index contributed by atoms with van der Waals surface area (Å²) in [6.45, 7) is 0. The van der Waals surface area contributed by atoms with Crippen molar-refractivity contribution in [3.63, 3.8) is 0 Å². The predicted octanol–water partition coefficient (Wildman–Crippen LogP) is 3.81. The quantitative estimate of drug-likeness (QED) is 0.762. The third-order valence-electron chi connectivity index (χ3n) is 4.08. The molecule has 0 radical (unpaired) electrons. The molecule has 3 aromatic rings. The SMILES string of the molecule is CN(C)c1ccc(C(=O)N[C@@H](c2ccccc2)c2ccccn2)cc1F. The van der Waals surface area contributed by atoms with Crippen molar-refractivity contribution in [1.82, 2.24) is 10.3 Å². The molecule has 0 aliphatic heterocycles. The average Bonchev–Trinajstić information content (AvgIpc) is 2.67. The number of benzene rings is 2. The summed E-state index contributed by atoms with van der Waals surface area (Å²) in [7, 11) is 3.51. The summed E-state index contributed by atoms with van der Waals surface area (Å²) < 4.78 is 14.2. The number of carbonyl (C=O) groups is 1. The van der Waals surface area contributed by atoms with Gasteiger partial charge in [-0.2, -0.15) is 0 Å². The summed E-state index contributed by atoms with van der Waals surface area (Å²) in [5.41, 5.74) is 2.33.